The number of pyridine rings is 1. The van der Waals surface area contributed by atoms with E-state index in [0.29, 0.717) is 75.9 Å². The average molecular weight is 740 g/mol. The molecule has 1 atom stereocenters. The predicted molar refractivity (Wildman–Crippen MR) is 194 cm³/mol. The van der Waals surface area contributed by atoms with Gasteiger partial charge in [0.2, 0.25) is 23.6 Å². The normalized spacial score (nSPS) is 21.0. The van der Waals surface area contributed by atoms with Crippen molar-refractivity contribution in [3.8, 4) is 51.2 Å². The second kappa shape index (κ2) is 12.6. The van der Waals surface area contributed by atoms with Crippen molar-refractivity contribution >= 4 is 23.4 Å². The summed E-state index contributed by atoms with van der Waals surface area (Å²) < 4.78 is 34.1. The Balaban J connectivity index is 0.956. The molecule has 2 aromatic heterocycles. The first-order valence-corrected chi connectivity index (χ1v) is 18.2. The lowest BCUT2D eigenvalue weighted by Gasteiger charge is -2.60. The van der Waals surface area contributed by atoms with Crippen LogP contribution in [0, 0.1) is 11.2 Å². The first-order chi connectivity index (χ1) is 25.6. The number of amides is 2. The highest BCUT2D eigenvalue weighted by Crippen LogP contribution is 2.48. The number of hydrogen-bond acceptors (Lipinski definition) is 10. The number of ether oxygens (including phenoxy) is 3. The molecular formula is C39H39ClFN7O5. The molecule has 5 aliphatic rings. The van der Waals surface area contributed by atoms with Gasteiger partial charge >= 0.3 is 0 Å². The molecule has 12 nitrogen and oxygen atoms in total. The summed E-state index contributed by atoms with van der Waals surface area (Å²) in [5.41, 5.74) is 4.12. The molecule has 4 fully saturated rings. The number of carbonyl (C=O) groups is 2. The molecule has 14 heteroatoms. The Kier molecular flexibility index (Phi) is 8.09. The lowest BCUT2D eigenvalue weighted by molar-refractivity contribution is -0.157. The van der Waals surface area contributed by atoms with Crippen molar-refractivity contribution < 1.29 is 28.2 Å². The molecule has 0 saturated carbocycles. The second-order valence-electron chi connectivity index (χ2n) is 15.1. The molecule has 274 valence electrons. The highest BCUT2D eigenvalue weighted by atomic mass is 35.5. The number of fused-ring (bicyclic) bond motifs is 1. The van der Waals surface area contributed by atoms with E-state index >= 15 is 4.39 Å². The lowest BCUT2D eigenvalue weighted by Crippen LogP contribution is -2.72. The molecule has 4 aromatic rings. The van der Waals surface area contributed by atoms with Crippen molar-refractivity contribution in [2.24, 2.45) is 5.41 Å². The smallest absolute Gasteiger partial charge is 0.237 e. The van der Waals surface area contributed by atoms with Crippen molar-refractivity contribution in [1.29, 1.82) is 0 Å². The fraction of sp³-hybridized carbons (Fsp3) is 0.410. The average Bonchev–Trinajstić information content (AvgIpc) is 3.71. The van der Waals surface area contributed by atoms with E-state index in [2.05, 4.69) is 25.1 Å². The third-order valence-electron chi connectivity index (χ3n) is 11.4. The number of hydrogen-bond donors (Lipinski definition) is 1. The van der Waals surface area contributed by atoms with Crippen LogP contribution in [-0.2, 0) is 16.1 Å². The van der Waals surface area contributed by atoms with Crippen LogP contribution >= 0.6 is 11.6 Å². The topological polar surface area (TPSA) is 122 Å². The quantitative estimate of drug-likeness (QED) is 0.271. The zero-order valence-corrected chi connectivity index (χ0v) is 30.5. The Morgan fingerprint density at radius 3 is 2.38 bits per heavy atom. The summed E-state index contributed by atoms with van der Waals surface area (Å²) in [6.07, 6.45) is 2.98. The Morgan fingerprint density at radius 1 is 0.981 bits per heavy atom. The molecule has 9 rings (SSSR count). The first kappa shape index (κ1) is 34.0. The maximum atomic E-state index is 16.5. The van der Waals surface area contributed by atoms with Crippen LogP contribution in [0.5, 0.6) is 17.5 Å². The summed E-state index contributed by atoms with van der Waals surface area (Å²) in [5, 5.41) is 3.47. The molecule has 0 aliphatic carbocycles. The first-order valence-electron chi connectivity index (χ1n) is 17.8. The number of nitrogens with zero attached hydrogens (tertiary/aromatic N) is 6. The Morgan fingerprint density at radius 2 is 1.68 bits per heavy atom. The number of carbonyl (C=O) groups excluding carboxylic acids is 2. The molecule has 0 unspecified atom stereocenters. The van der Waals surface area contributed by atoms with Crippen molar-refractivity contribution in [3.63, 3.8) is 0 Å². The number of methoxy groups -OCH3 is 2. The SMILES string of the molecule is COc1nc(-c2cccc(-c3cccc(-c4cc5c(c(OC)n4)[C@@H](N4CC6(CCC(=O)N6)C4)CO5)c3Cl)c2F)cnc1CN1CC2(C1)CN(C(C)=O)C2. The third kappa shape index (κ3) is 5.67. The van der Waals surface area contributed by atoms with Gasteiger partial charge in [-0.25, -0.2) is 14.4 Å². The summed E-state index contributed by atoms with van der Waals surface area (Å²) >= 11 is 7.08. The molecular weight excluding hydrogens is 701 g/mol. The van der Waals surface area contributed by atoms with Crippen LogP contribution in [0.15, 0.2) is 48.7 Å². The van der Waals surface area contributed by atoms with Gasteiger partial charge in [0.05, 0.1) is 54.0 Å². The van der Waals surface area contributed by atoms with Crippen molar-refractivity contribution in [3.05, 3.63) is 70.8 Å². The Bertz CT molecular complexity index is 2160. The lowest BCUT2D eigenvalue weighted by atomic mass is 9.73. The summed E-state index contributed by atoms with van der Waals surface area (Å²) in [4.78, 5) is 44.1. The maximum Gasteiger partial charge on any atom is 0.237 e. The molecule has 7 heterocycles. The minimum atomic E-state index is -0.489. The van der Waals surface area contributed by atoms with Crippen LogP contribution in [-0.4, -0.2) is 107 Å². The van der Waals surface area contributed by atoms with E-state index in [1.165, 1.54) is 7.11 Å². The van der Waals surface area contributed by atoms with E-state index in [9.17, 15) is 9.59 Å². The molecule has 2 aromatic carbocycles. The molecule has 53 heavy (non-hydrogen) atoms. The van der Waals surface area contributed by atoms with E-state index in [1.807, 2.05) is 23.1 Å². The van der Waals surface area contributed by atoms with Gasteiger partial charge in [-0.05, 0) is 12.5 Å². The molecule has 2 spiro atoms. The van der Waals surface area contributed by atoms with Gasteiger partial charge in [-0.1, -0.05) is 41.9 Å². The molecule has 4 saturated heterocycles. The van der Waals surface area contributed by atoms with Gasteiger partial charge in [0.1, 0.15) is 23.9 Å². The molecule has 5 aliphatic heterocycles. The minimum absolute atomic E-state index is 0.0469. The van der Waals surface area contributed by atoms with Crippen molar-refractivity contribution in [2.45, 2.75) is 37.9 Å². The maximum absolute atomic E-state index is 16.5. The third-order valence-corrected chi connectivity index (χ3v) is 11.8. The van der Waals surface area contributed by atoms with Crippen LogP contribution < -0.4 is 19.5 Å². The van der Waals surface area contributed by atoms with E-state index in [4.69, 9.17) is 30.8 Å². The Hall–Kier alpha value is -4.85. The zero-order chi connectivity index (χ0) is 36.6. The highest BCUT2D eigenvalue weighted by molar-refractivity contribution is 6.36. The van der Waals surface area contributed by atoms with Crippen molar-refractivity contribution in [1.82, 2.24) is 35.0 Å². The summed E-state index contributed by atoms with van der Waals surface area (Å²) in [6, 6.07) is 12.4. The molecule has 1 N–H and O–H groups in total. The number of halogens is 2. The summed E-state index contributed by atoms with van der Waals surface area (Å²) in [5.74, 6) is 1.18. The van der Waals surface area contributed by atoms with Crippen LogP contribution in [0.3, 0.4) is 0 Å². The predicted octanol–water partition coefficient (Wildman–Crippen LogP) is 4.74. The van der Waals surface area contributed by atoms with Gasteiger partial charge in [-0.15, -0.1) is 0 Å². The van der Waals surface area contributed by atoms with E-state index in [1.54, 1.807) is 44.5 Å². The van der Waals surface area contributed by atoms with Crippen LogP contribution in [0.4, 0.5) is 4.39 Å². The number of nitrogens with one attached hydrogen (secondary N) is 1. The van der Waals surface area contributed by atoms with Crippen LogP contribution in [0.25, 0.3) is 33.6 Å². The van der Waals surface area contributed by atoms with Crippen LogP contribution in [0.2, 0.25) is 5.02 Å². The van der Waals surface area contributed by atoms with E-state index in [0.717, 1.165) is 51.3 Å². The zero-order valence-electron chi connectivity index (χ0n) is 29.7. The van der Waals surface area contributed by atoms with E-state index < -0.39 is 5.82 Å². The Labute approximate surface area is 311 Å². The molecule has 0 radical (unpaired) electrons. The summed E-state index contributed by atoms with van der Waals surface area (Å²) in [7, 11) is 3.12. The van der Waals surface area contributed by atoms with Gasteiger partial charge in [0.25, 0.3) is 0 Å². The van der Waals surface area contributed by atoms with Crippen molar-refractivity contribution in [2.75, 3.05) is 60.1 Å². The minimum Gasteiger partial charge on any atom is -0.491 e. The monoisotopic (exact) mass is 739 g/mol. The molecule has 2 amide bonds. The number of aromatic nitrogens is 3. The number of benzene rings is 2. The van der Waals surface area contributed by atoms with Gasteiger partial charge in [-0.3, -0.25) is 24.4 Å². The highest BCUT2D eigenvalue weighted by Gasteiger charge is 2.53. The van der Waals surface area contributed by atoms with Gasteiger partial charge < -0.3 is 24.4 Å². The van der Waals surface area contributed by atoms with Gasteiger partial charge in [0, 0.05) is 92.9 Å². The van der Waals surface area contributed by atoms with E-state index in [-0.39, 0.29) is 34.4 Å². The largest absolute Gasteiger partial charge is 0.491 e. The fourth-order valence-corrected chi connectivity index (χ4v) is 9.14. The molecule has 0 bridgehead atoms. The number of rotatable bonds is 8. The standard InChI is InChI=1S/C39H39ClFN7O5/c1-22(49)47-18-38(19-47)16-46(17-38)14-29-36(51-2)44-28(13-42-29)26-9-5-7-24(35(26)41)23-6-4-8-25(34(23)40)27-12-31-33(37(43-27)52-3)30(15-53-31)48-20-39(21-48)11-10-32(50)45-39/h4-9,12-13,30H,10-11,14-21H2,1-3H3,(H,45,50)/t30-/m0/s1. The fourth-order valence-electron chi connectivity index (χ4n) is 8.82. The summed E-state index contributed by atoms with van der Waals surface area (Å²) in [6.45, 7) is 7.44. The van der Waals surface area contributed by atoms with Gasteiger partial charge in [-0.2, -0.15) is 0 Å². The second-order valence-corrected chi connectivity index (χ2v) is 15.4. The van der Waals surface area contributed by atoms with Gasteiger partial charge in [0.15, 0.2) is 0 Å². The number of likely N-dealkylation sites (tertiary alicyclic amines) is 3. The van der Waals surface area contributed by atoms with Crippen LogP contribution in [0.1, 0.15) is 37.1 Å².